The highest BCUT2D eigenvalue weighted by Gasteiger charge is 2.24. The molecule has 0 radical (unpaired) electrons. The normalized spacial score (nSPS) is 15.1. The van der Waals surface area contributed by atoms with Gasteiger partial charge in [-0.2, -0.15) is 5.10 Å². The van der Waals surface area contributed by atoms with Gasteiger partial charge in [-0.25, -0.2) is 0 Å². The number of amides is 1. The molecule has 0 saturated carbocycles. The van der Waals surface area contributed by atoms with E-state index in [2.05, 4.69) is 26.5 Å². The number of hydrogen-bond donors (Lipinski definition) is 2. The maximum atomic E-state index is 12.7. The van der Waals surface area contributed by atoms with E-state index in [1.54, 1.807) is 0 Å². The van der Waals surface area contributed by atoms with Crippen LogP contribution < -0.4 is 5.32 Å². The molecule has 1 fully saturated rings. The first-order valence-corrected chi connectivity index (χ1v) is 11.8. The fourth-order valence-corrected chi connectivity index (χ4v) is 4.61. The highest BCUT2D eigenvalue weighted by Crippen LogP contribution is 2.26. The van der Waals surface area contributed by atoms with Crippen LogP contribution in [0, 0.1) is 11.7 Å². The van der Waals surface area contributed by atoms with Crippen molar-refractivity contribution in [3.8, 4) is 11.4 Å². The van der Waals surface area contributed by atoms with Crippen molar-refractivity contribution in [1.82, 2.24) is 25.0 Å². The summed E-state index contributed by atoms with van der Waals surface area (Å²) in [4.78, 5) is 15.2. The van der Waals surface area contributed by atoms with Crippen LogP contribution in [-0.4, -0.2) is 45.2 Å². The van der Waals surface area contributed by atoms with Crippen LogP contribution in [0.2, 0.25) is 5.02 Å². The van der Waals surface area contributed by atoms with E-state index in [9.17, 15) is 4.79 Å². The minimum Gasteiger partial charge on any atom is -0.354 e. The molecule has 168 valence electrons. The fraction of sp³-hybridized carbons (Fsp3) is 0.375. The first-order chi connectivity index (χ1) is 15.5. The molecule has 3 aromatic rings. The van der Waals surface area contributed by atoms with Crippen molar-refractivity contribution in [2.45, 2.75) is 38.8 Å². The summed E-state index contributed by atoms with van der Waals surface area (Å²) in [5, 5.41) is 11.1. The first kappa shape index (κ1) is 22.7. The third-order valence-corrected chi connectivity index (χ3v) is 6.48. The number of nitrogens with zero attached hydrogens (tertiary/aromatic N) is 3. The van der Waals surface area contributed by atoms with Gasteiger partial charge in [-0.3, -0.25) is 19.4 Å². The topological polar surface area (TPSA) is 66.0 Å². The molecule has 1 aliphatic heterocycles. The Morgan fingerprint density at radius 2 is 1.97 bits per heavy atom. The molecule has 1 atom stereocenters. The maximum Gasteiger partial charge on any atom is 0.221 e. The van der Waals surface area contributed by atoms with E-state index < -0.39 is 0 Å². The summed E-state index contributed by atoms with van der Waals surface area (Å²) < 4.78 is 2.40. The zero-order chi connectivity index (χ0) is 22.5. The van der Waals surface area contributed by atoms with Gasteiger partial charge in [0.2, 0.25) is 5.91 Å². The van der Waals surface area contributed by atoms with E-state index in [1.165, 1.54) is 18.4 Å². The van der Waals surface area contributed by atoms with E-state index >= 15 is 0 Å². The van der Waals surface area contributed by atoms with Gasteiger partial charge < -0.3 is 5.32 Å². The molecule has 2 N–H and O–H groups in total. The molecule has 1 saturated heterocycles. The zero-order valence-corrected chi connectivity index (χ0v) is 19.8. The van der Waals surface area contributed by atoms with Crippen molar-refractivity contribution in [3.05, 3.63) is 69.5 Å². The summed E-state index contributed by atoms with van der Waals surface area (Å²) in [5.41, 5.74) is 3.29. The minimum atomic E-state index is -0.00539. The second kappa shape index (κ2) is 10.4. The number of halogens is 1. The molecule has 2 heterocycles. The molecule has 0 spiro atoms. The standard InChI is InChI=1S/C24H28ClN5OS/c1-17-7-9-18(10-8-17)23-27-28-24(32)30(23)14-11-22(31)26-16-21(29-12-2-3-13-29)19-5-4-6-20(25)15-19/h4-10,15,21H,2-3,11-14,16H2,1H3,(H,26,31)(H,28,32). The number of carbonyl (C=O) groups is 1. The summed E-state index contributed by atoms with van der Waals surface area (Å²) in [5.74, 6) is 0.742. The van der Waals surface area contributed by atoms with E-state index in [4.69, 9.17) is 23.8 Å². The van der Waals surface area contributed by atoms with Crippen molar-refractivity contribution in [2.75, 3.05) is 19.6 Å². The number of rotatable bonds is 8. The monoisotopic (exact) mass is 469 g/mol. The second-order valence-corrected chi connectivity index (χ2v) is 9.06. The van der Waals surface area contributed by atoms with Gasteiger partial charge in [0.1, 0.15) is 0 Å². The van der Waals surface area contributed by atoms with Gasteiger partial charge in [0, 0.05) is 30.1 Å². The summed E-state index contributed by atoms with van der Waals surface area (Å²) in [6.45, 7) is 5.15. The first-order valence-electron chi connectivity index (χ1n) is 11.0. The molecule has 0 bridgehead atoms. The van der Waals surface area contributed by atoms with Gasteiger partial charge in [-0.05, 0) is 62.8 Å². The molecule has 1 aromatic heterocycles. The Morgan fingerprint density at radius 3 is 2.69 bits per heavy atom. The summed E-state index contributed by atoms with van der Waals surface area (Å²) in [6, 6.07) is 16.2. The predicted molar refractivity (Wildman–Crippen MR) is 130 cm³/mol. The molecular formula is C24H28ClN5OS. The highest BCUT2D eigenvalue weighted by atomic mass is 35.5. The summed E-state index contributed by atoms with van der Waals surface area (Å²) in [6.07, 6.45) is 2.70. The lowest BCUT2D eigenvalue weighted by Crippen LogP contribution is -2.37. The molecule has 1 unspecified atom stereocenters. The van der Waals surface area contributed by atoms with Crippen LogP contribution in [-0.2, 0) is 11.3 Å². The maximum absolute atomic E-state index is 12.7. The third-order valence-electron chi connectivity index (χ3n) is 5.94. The molecular weight excluding hydrogens is 442 g/mol. The molecule has 0 aliphatic carbocycles. The largest absolute Gasteiger partial charge is 0.354 e. The van der Waals surface area contributed by atoms with Crippen LogP contribution in [0.4, 0.5) is 0 Å². The number of aryl methyl sites for hydroxylation is 1. The molecule has 32 heavy (non-hydrogen) atoms. The number of nitrogens with one attached hydrogen (secondary N) is 2. The van der Waals surface area contributed by atoms with Gasteiger partial charge in [-0.15, -0.1) is 0 Å². The van der Waals surface area contributed by atoms with Crippen molar-refractivity contribution >= 4 is 29.7 Å². The van der Waals surface area contributed by atoms with E-state index in [-0.39, 0.29) is 11.9 Å². The van der Waals surface area contributed by atoms with E-state index in [1.807, 2.05) is 54.0 Å². The zero-order valence-electron chi connectivity index (χ0n) is 18.2. The number of hydrogen-bond acceptors (Lipinski definition) is 4. The second-order valence-electron chi connectivity index (χ2n) is 8.24. The number of carbonyl (C=O) groups excluding carboxylic acids is 1. The Labute approximate surface area is 198 Å². The molecule has 2 aromatic carbocycles. The van der Waals surface area contributed by atoms with Crippen LogP contribution in [0.15, 0.2) is 48.5 Å². The number of benzene rings is 2. The van der Waals surface area contributed by atoms with E-state index in [0.717, 1.165) is 35.1 Å². The van der Waals surface area contributed by atoms with Crippen LogP contribution in [0.3, 0.4) is 0 Å². The SMILES string of the molecule is Cc1ccc(-c2n[nH]c(=S)n2CCC(=O)NCC(c2cccc(Cl)c2)N2CCCC2)cc1. The molecule has 1 aliphatic rings. The Morgan fingerprint density at radius 1 is 1.22 bits per heavy atom. The average molecular weight is 470 g/mol. The van der Waals surface area contributed by atoms with Crippen molar-refractivity contribution in [3.63, 3.8) is 0 Å². The van der Waals surface area contributed by atoms with Gasteiger partial charge in [0.15, 0.2) is 10.6 Å². The number of aromatic amines is 1. The number of likely N-dealkylation sites (tertiary alicyclic amines) is 1. The predicted octanol–water partition coefficient (Wildman–Crippen LogP) is 4.91. The van der Waals surface area contributed by atoms with Crippen molar-refractivity contribution in [1.29, 1.82) is 0 Å². The molecule has 8 heteroatoms. The third kappa shape index (κ3) is 5.46. The highest BCUT2D eigenvalue weighted by molar-refractivity contribution is 7.71. The van der Waals surface area contributed by atoms with Gasteiger partial charge >= 0.3 is 0 Å². The minimum absolute atomic E-state index is 0.00539. The number of H-pyrrole nitrogens is 1. The Kier molecular flexibility index (Phi) is 7.40. The summed E-state index contributed by atoms with van der Waals surface area (Å²) in [7, 11) is 0. The van der Waals surface area contributed by atoms with Gasteiger partial charge in [-0.1, -0.05) is 53.6 Å². The Bertz CT molecular complexity index is 1120. The quantitative estimate of drug-likeness (QED) is 0.460. The van der Waals surface area contributed by atoms with Crippen molar-refractivity contribution in [2.24, 2.45) is 0 Å². The Balaban J connectivity index is 1.40. The van der Waals surface area contributed by atoms with Gasteiger partial charge in [0.05, 0.1) is 6.04 Å². The van der Waals surface area contributed by atoms with Crippen LogP contribution in [0.25, 0.3) is 11.4 Å². The smallest absolute Gasteiger partial charge is 0.221 e. The van der Waals surface area contributed by atoms with Crippen molar-refractivity contribution < 1.29 is 4.79 Å². The van der Waals surface area contributed by atoms with Crippen LogP contribution >= 0.6 is 23.8 Å². The molecule has 1 amide bonds. The van der Waals surface area contributed by atoms with Crippen LogP contribution in [0.5, 0.6) is 0 Å². The summed E-state index contributed by atoms with van der Waals surface area (Å²) >= 11 is 11.6. The number of aromatic nitrogens is 3. The average Bonchev–Trinajstić information content (AvgIpc) is 3.43. The van der Waals surface area contributed by atoms with Gasteiger partial charge in [0.25, 0.3) is 0 Å². The lowest BCUT2D eigenvalue weighted by Gasteiger charge is -2.28. The van der Waals surface area contributed by atoms with E-state index in [0.29, 0.717) is 24.3 Å². The lowest BCUT2D eigenvalue weighted by molar-refractivity contribution is -0.121. The lowest BCUT2D eigenvalue weighted by atomic mass is 10.1. The molecule has 4 rings (SSSR count). The fourth-order valence-electron chi connectivity index (χ4n) is 4.19. The van der Waals surface area contributed by atoms with Crippen LogP contribution in [0.1, 0.15) is 36.4 Å². The molecule has 6 nitrogen and oxygen atoms in total. The Hall–Kier alpha value is -2.48.